The monoisotopic (exact) mass is 378 g/mol. The van der Waals surface area contributed by atoms with E-state index in [0.717, 1.165) is 35.4 Å². The zero-order valence-electron chi connectivity index (χ0n) is 16.3. The molecule has 4 nitrogen and oxygen atoms in total. The summed E-state index contributed by atoms with van der Waals surface area (Å²) in [7, 11) is 0. The summed E-state index contributed by atoms with van der Waals surface area (Å²) in [4.78, 5) is 9.25. The van der Waals surface area contributed by atoms with Crippen LogP contribution in [0.15, 0.2) is 67.3 Å². The second kappa shape index (κ2) is 6.66. The van der Waals surface area contributed by atoms with Crippen molar-refractivity contribution >= 4 is 11.1 Å². The lowest BCUT2D eigenvalue weighted by atomic mass is 9.82. The Morgan fingerprint density at radius 2 is 1.97 bits per heavy atom. The Balaban J connectivity index is 1.36. The number of allylic oxidation sites excluding steroid dienone is 1. The molecule has 29 heavy (non-hydrogen) atoms. The quantitative estimate of drug-likeness (QED) is 0.495. The van der Waals surface area contributed by atoms with Crippen molar-refractivity contribution in [2.45, 2.75) is 32.1 Å². The van der Waals surface area contributed by atoms with Crippen LogP contribution in [0.1, 0.15) is 41.8 Å². The average molecular weight is 378 g/mol. The zero-order chi connectivity index (χ0) is 19.2. The van der Waals surface area contributed by atoms with Crippen molar-refractivity contribution in [3.8, 4) is 11.1 Å². The lowest BCUT2D eigenvalue weighted by Gasteiger charge is -2.25. The molecule has 0 aliphatic heterocycles. The van der Waals surface area contributed by atoms with Gasteiger partial charge in [0.25, 0.3) is 0 Å². The minimum atomic E-state index is 0.851. The van der Waals surface area contributed by atoms with Crippen molar-refractivity contribution in [2.24, 2.45) is 5.92 Å². The molecular weight excluding hydrogens is 356 g/mol. The van der Waals surface area contributed by atoms with E-state index >= 15 is 0 Å². The fourth-order valence-electron chi connectivity index (χ4n) is 4.53. The molecule has 1 fully saturated rings. The Kier molecular flexibility index (Phi) is 3.83. The van der Waals surface area contributed by atoms with Crippen LogP contribution in [0, 0.1) is 5.92 Å². The van der Waals surface area contributed by atoms with Gasteiger partial charge in [-0.3, -0.25) is 9.97 Å². The molecule has 6 rings (SSSR count). The van der Waals surface area contributed by atoms with E-state index in [0.29, 0.717) is 0 Å². The number of fused-ring (bicyclic) bond motifs is 2. The van der Waals surface area contributed by atoms with Gasteiger partial charge in [0.2, 0.25) is 0 Å². The van der Waals surface area contributed by atoms with E-state index in [2.05, 4.69) is 46.5 Å². The van der Waals surface area contributed by atoms with Gasteiger partial charge >= 0.3 is 0 Å². The van der Waals surface area contributed by atoms with Crippen LogP contribution in [0.3, 0.4) is 0 Å². The molecule has 4 heterocycles. The second-order valence-corrected chi connectivity index (χ2v) is 8.16. The van der Waals surface area contributed by atoms with Gasteiger partial charge in [-0.15, -0.1) is 0 Å². The van der Waals surface area contributed by atoms with Crippen LogP contribution in [-0.4, -0.2) is 19.6 Å². The fourth-order valence-corrected chi connectivity index (χ4v) is 4.53. The Hall–Kier alpha value is -3.27. The van der Waals surface area contributed by atoms with E-state index in [4.69, 9.17) is 4.98 Å². The maximum Gasteiger partial charge on any atom is 0.0746 e. The second-order valence-electron chi connectivity index (χ2n) is 8.16. The third-order valence-electron chi connectivity index (χ3n) is 6.35. The highest BCUT2D eigenvalue weighted by atomic mass is 15.2. The molecule has 4 aromatic heterocycles. The van der Waals surface area contributed by atoms with Crippen molar-refractivity contribution in [1.82, 2.24) is 19.6 Å². The molecule has 0 aromatic carbocycles. The summed E-state index contributed by atoms with van der Waals surface area (Å²) in [6, 6.07) is 12.9. The first kappa shape index (κ1) is 16.7. The molecule has 0 unspecified atom stereocenters. The van der Waals surface area contributed by atoms with Gasteiger partial charge in [0, 0.05) is 47.4 Å². The molecule has 2 aliphatic carbocycles. The molecule has 0 saturated heterocycles. The fraction of sp³-hybridized carbons (Fsp3) is 0.240. The minimum Gasteiger partial charge on any atom is -0.264 e. The Morgan fingerprint density at radius 3 is 2.79 bits per heavy atom. The molecule has 1 saturated carbocycles. The maximum atomic E-state index is 4.99. The Labute approximate surface area is 170 Å². The minimum absolute atomic E-state index is 0.851. The molecule has 0 amide bonds. The summed E-state index contributed by atoms with van der Waals surface area (Å²) < 4.78 is 1.93. The number of hydrogen-bond donors (Lipinski definition) is 0. The van der Waals surface area contributed by atoms with Gasteiger partial charge in [0.15, 0.2) is 0 Å². The maximum absolute atomic E-state index is 4.99. The molecule has 0 spiro atoms. The van der Waals surface area contributed by atoms with Crippen LogP contribution >= 0.6 is 0 Å². The third kappa shape index (κ3) is 2.87. The molecule has 0 bridgehead atoms. The highest BCUT2D eigenvalue weighted by Gasteiger charge is 2.21. The number of pyridine rings is 3. The Bertz CT molecular complexity index is 1230. The number of hydrogen-bond acceptors (Lipinski definition) is 3. The summed E-state index contributed by atoms with van der Waals surface area (Å²) in [5.74, 6) is 0.851. The number of rotatable bonds is 4. The van der Waals surface area contributed by atoms with Crippen molar-refractivity contribution in [3.05, 3.63) is 89.8 Å². The van der Waals surface area contributed by atoms with Crippen LogP contribution in [0.4, 0.5) is 0 Å². The topological polar surface area (TPSA) is 43.1 Å². The summed E-state index contributed by atoms with van der Waals surface area (Å²) in [6.45, 7) is 0. The van der Waals surface area contributed by atoms with Crippen LogP contribution in [0.2, 0.25) is 0 Å². The van der Waals surface area contributed by atoms with Crippen molar-refractivity contribution in [1.29, 1.82) is 0 Å². The van der Waals surface area contributed by atoms with E-state index in [-0.39, 0.29) is 0 Å². The van der Waals surface area contributed by atoms with Gasteiger partial charge in [-0.2, -0.15) is 5.10 Å². The normalized spacial score (nSPS) is 15.9. The Morgan fingerprint density at radius 1 is 1.00 bits per heavy atom. The van der Waals surface area contributed by atoms with Gasteiger partial charge in [-0.05, 0) is 47.7 Å². The average Bonchev–Trinajstić information content (AvgIpc) is 3.34. The first-order chi connectivity index (χ1) is 14.3. The van der Waals surface area contributed by atoms with E-state index in [9.17, 15) is 0 Å². The van der Waals surface area contributed by atoms with E-state index in [1.165, 1.54) is 47.4 Å². The molecule has 0 N–H and O–H groups in total. The van der Waals surface area contributed by atoms with Gasteiger partial charge in [-0.1, -0.05) is 37.5 Å². The van der Waals surface area contributed by atoms with E-state index < -0.39 is 0 Å². The van der Waals surface area contributed by atoms with Gasteiger partial charge < -0.3 is 0 Å². The lowest BCUT2D eigenvalue weighted by molar-refractivity contribution is 0.312. The molecule has 0 atom stereocenters. The summed E-state index contributed by atoms with van der Waals surface area (Å²) >= 11 is 0. The molecule has 4 aromatic rings. The number of aromatic nitrogens is 4. The van der Waals surface area contributed by atoms with E-state index in [1.807, 2.05) is 29.2 Å². The predicted molar refractivity (Wildman–Crippen MR) is 114 cm³/mol. The number of nitrogens with zero attached hydrogens (tertiary/aromatic N) is 4. The molecular formula is C25H22N4. The summed E-state index contributed by atoms with van der Waals surface area (Å²) in [6.07, 6.45) is 16.1. The van der Waals surface area contributed by atoms with Crippen LogP contribution in [0.25, 0.3) is 22.2 Å². The highest BCUT2D eigenvalue weighted by Crippen LogP contribution is 2.35. The largest absolute Gasteiger partial charge is 0.264 e. The SMILES string of the molecule is C1=C(c2ccn3ncc(-c4cccnc4)c3c2)c2ccc(CC3CCC3)nc2C1. The van der Waals surface area contributed by atoms with Crippen LogP contribution in [0.5, 0.6) is 0 Å². The van der Waals surface area contributed by atoms with Gasteiger partial charge in [0.05, 0.1) is 17.4 Å². The molecule has 0 radical (unpaired) electrons. The van der Waals surface area contributed by atoms with Crippen molar-refractivity contribution < 1.29 is 0 Å². The van der Waals surface area contributed by atoms with E-state index in [1.54, 1.807) is 6.20 Å². The summed E-state index contributed by atoms with van der Waals surface area (Å²) in [5, 5.41) is 4.52. The third-order valence-corrected chi connectivity index (χ3v) is 6.35. The smallest absolute Gasteiger partial charge is 0.0746 e. The molecule has 4 heteroatoms. The lowest BCUT2D eigenvalue weighted by Crippen LogP contribution is -2.14. The van der Waals surface area contributed by atoms with Gasteiger partial charge in [-0.25, -0.2) is 4.52 Å². The van der Waals surface area contributed by atoms with Gasteiger partial charge in [0.1, 0.15) is 0 Å². The van der Waals surface area contributed by atoms with Crippen molar-refractivity contribution in [2.75, 3.05) is 0 Å². The summed E-state index contributed by atoms with van der Waals surface area (Å²) in [5.41, 5.74) is 9.54. The first-order valence-corrected chi connectivity index (χ1v) is 10.4. The zero-order valence-corrected chi connectivity index (χ0v) is 16.3. The van der Waals surface area contributed by atoms with Crippen molar-refractivity contribution in [3.63, 3.8) is 0 Å². The first-order valence-electron chi connectivity index (χ1n) is 10.4. The highest BCUT2D eigenvalue weighted by molar-refractivity contribution is 5.88. The molecule has 142 valence electrons. The standard InChI is InChI=1S/C25H22N4/c1-3-17(4-1)13-20-6-7-22-21(8-9-24(22)28-20)18-10-12-29-25(14-18)23(16-27-29)19-5-2-11-26-15-19/h2,5-8,10-12,14-17H,1,3-4,9,13H2. The molecule has 2 aliphatic rings. The van der Waals surface area contributed by atoms with Crippen LogP contribution in [-0.2, 0) is 12.8 Å². The predicted octanol–water partition coefficient (Wildman–Crippen LogP) is 5.12. The van der Waals surface area contributed by atoms with Crippen LogP contribution < -0.4 is 0 Å².